The molecule has 5 heteroatoms. The molecular weight excluding hydrogens is 254 g/mol. The van der Waals surface area contributed by atoms with Gasteiger partial charge in [0, 0.05) is 18.3 Å². The van der Waals surface area contributed by atoms with E-state index in [0.717, 1.165) is 24.4 Å². The van der Waals surface area contributed by atoms with Crippen LogP contribution in [0.25, 0.3) is 0 Å². The highest BCUT2D eigenvalue weighted by Gasteiger charge is 2.29. The molecule has 110 valence electrons. The second-order valence-corrected chi connectivity index (χ2v) is 5.12. The Morgan fingerprint density at radius 2 is 2.10 bits per heavy atom. The zero-order valence-electron chi connectivity index (χ0n) is 12.0. The molecule has 1 aliphatic carbocycles. The fourth-order valence-electron chi connectivity index (χ4n) is 2.18. The first kappa shape index (κ1) is 14.8. The quantitative estimate of drug-likeness (QED) is 0.754. The lowest BCUT2D eigenvalue weighted by molar-refractivity contribution is -0.117. The standard InChI is InChI=1S/C15H23N3O2/c1-20-14-7-3-12(4-8-14)17-15(19)11-18(10-2-9-16)13-5-6-13/h3-4,7-8,13H,2,5-6,9-11,16H2,1H3,(H,17,19). The maximum absolute atomic E-state index is 12.1. The van der Waals surface area contributed by atoms with Gasteiger partial charge in [-0.25, -0.2) is 0 Å². The first-order valence-electron chi connectivity index (χ1n) is 7.11. The van der Waals surface area contributed by atoms with E-state index < -0.39 is 0 Å². The molecule has 0 aromatic heterocycles. The van der Waals surface area contributed by atoms with E-state index in [1.807, 2.05) is 24.3 Å². The highest BCUT2D eigenvalue weighted by molar-refractivity contribution is 5.92. The molecule has 3 N–H and O–H groups in total. The summed E-state index contributed by atoms with van der Waals surface area (Å²) in [6.07, 6.45) is 3.33. The number of ether oxygens (including phenoxy) is 1. The van der Waals surface area contributed by atoms with Gasteiger partial charge in [0.1, 0.15) is 5.75 Å². The summed E-state index contributed by atoms with van der Waals surface area (Å²) in [5.74, 6) is 0.810. The Bertz CT molecular complexity index is 429. The third-order valence-corrected chi connectivity index (χ3v) is 3.43. The molecular formula is C15H23N3O2. The summed E-state index contributed by atoms with van der Waals surface area (Å²) in [7, 11) is 1.62. The molecule has 1 amide bonds. The minimum absolute atomic E-state index is 0.0269. The number of benzene rings is 1. The lowest BCUT2D eigenvalue weighted by Gasteiger charge is -2.21. The second-order valence-electron chi connectivity index (χ2n) is 5.12. The van der Waals surface area contributed by atoms with Crippen molar-refractivity contribution in [1.29, 1.82) is 0 Å². The minimum atomic E-state index is 0.0269. The van der Waals surface area contributed by atoms with Gasteiger partial charge in [0.2, 0.25) is 5.91 Å². The van der Waals surface area contributed by atoms with E-state index in [2.05, 4.69) is 10.2 Å². The van der Waals surface area contributed by atoms with Crippen molar-refractivity contribution in [2.24, 2.45) is 5.73 Å². The lowest BCUT2D eigenvalue weighted by Crippen LogP contribution is -2.36. The first-order valence-corrected chi connectivity index (χ1v) is 7.11. The van der Waals surface area contributed by atoms with E-state index in [9.17, 15) is 4.79 Å². The van der Waals surface area contributed by atoms with Crippen LogP contribution in [0.5, 0.6) is 5.75 Å². The van der Waals surface area contributed by atoms with E-state index in [1.165, 1.54) is 12.8 Å². The lowest BCUT2D eigenvalue weighted by atomic mass is 10.3. The Morgan fingerprint density at radius 1 is 1.40 bits per heavy atom. The number of nitrogens with zero attached hydrogens (tertiary/aromatic N) is 1. The number of carbonyl (C=O) groups is 1. The monoisotopic (exact) mass is 277 g/mol. The summed E-state index contributed by atoms with van der Waals surface area (Å²) in [5, 5.41) is 2.92. The average molecular weight is 277 g/mol. The zero-order valence-corrected chi connectivity index (χ0v) is 12.0. The highest BCUT2D eigenvalue weighted by Crippen LogP contribution is 2.26. The molecule has 0 unspecified atom stereocenters. The molecule has 2 rings (SSSR count). The van der Waals surface area contributed by atoms with Gasteiger partial charge >= 0.3 is 0 Å². The summed E-state index contributed by atoms with van der Waals surface area (Å²) in [6.45, 7) is 2.01. The highest BCUT2D eigenvalue weighted by atomic mass is 16.5. The summed E-state index contributed by atoms with van der Waals surface area (Å²) in [5.41, 5.74) is 6.34. The molecule has 0 heterocycles. The number of amides is 1. The van der Waals surface area contributed by atoms with E-state index in [1.54, 1.807) is 7.11 Å². The van der Waals surface area contributed by atoms with Crippen LogP contribution in [-0.4, -0.2) is 43.6 Å². The Labute approximate surface area is 120 Å². The van der Waals surface area contributed by atoms with Crippen molar-refractivity contribution >= 4 is 11.6 Å². The number of methoxy groups -OCH3 is 1. The van der Waals surface area contributed by atoms with Gasteiger partial charge in [0.05, 0.1) is 13.7 Å². The Morgan fingerprint density at radius 3 is 2.65 bits per heavy atom. The van der Waals surface area contributed by atoms with Crippen LogP contribution in [-0.2, 0) is 4.79 Å². The van der Waals surface area contributed by atoms with E-state index in [-0.39, 0.29) is 5.91 Å². The van der Waals surface area contributed by atoms with Gasteiger partial charge in [0.15, 0.2) is 0 Å². The fourth-order valence-corrected chi connectivity index (χ4v) is 2.18. The molecule has 5 nitrogen and oxygen atoms in total. The molecule has 1 fully saturated rings. The predicted molar refractivity (Wildman–Crippen MR) is 79.9 cm³/mol. The third kappa shape index (κ3) is 4.51. The van der Waals surface area contributed by atoms with Gasteiger partial charge in [-0.15, -0.1) is 0 Å². The van der Waals surface area contributed by atoms with Gasteiger partial charge in [0.25, 0.3) is 0 Å². The molecule has 0 atom stereocenters. The molecule has 0 spiro atoms. The van der Waals surface area contributed by atoms with Crippen molar-refractivity contribution in [3.8, 4) is 5.75 Å². The fraction of sp³-hybridized carbons (Fsp3) is 0.533. The Hall–Kier alpha value is -1.59. The SMILES string of the molecule is COc1ccc(NC(=O)CN(CCCN)C2CC2)cc1. The van der Waals surface area contributed by atoms with Crippen LogP contribution in [0.3, 0.4) is 0 Å². The van der Waals surface area contributed by atoms with Crippen molar-refractivity contribution in [2.45, 2.75) is 25.3 Å². The molecule has 0 aliphatic heterocycles. The number of nitrogens with two attached hydrogens (primary N) is 1. The van der Waals surface area contributed by atoms with Crippen LogP contribution in [0.4, 0.5) is 5.69 Å². The summed E-state index contributed by atoms with van der Waals surface area (Å²) in [4.78, 5) is 14.3. The van der Waals surface area contributed by atoms with Gasteiger partial charge in [-0.05, 0) is 50.1 Å². The summed E-state index contributed by atoms with van der Waals surface area (Å²) < 4.78 is 5.09. The summed E-state index contributed by atoms with van der Waals surface area (Å²) in [6, 6.07) is 7.94. The zero-order chi connectivity index (χ0) is 14.4. The van der Waals surface area contributed by atoms with Crippen LogP contribution in [0.15, 0.2) is 24.3 Å². The molecule has 0 radical (unpaired) electrons. The van der Waals surface area contributed by atoms with Crippen LogP contribution >= 0.6 is 0 Å². The predicted octanol–water partition coefficient (Wildman–Crippen LogP) is 1.45. The second kappa shape index (κ2) is 7.26. The number of hydrogen-bond acceptors (Lipinski definition) is 4. The van der Waals surface area contributed by atoms with Gasteiger partial charge in [-0.3, -0.25) is 9.69 Å². The first-order chi connectivity index (χ1) is 9.72. The number of carbonyl (C=O) groups excluding carboxylic acids is 1. The Kier molecular flexibility index (Phi) is 5.38. The van der Waals surface area contributed by atoms with E-state index >= 15 is 0 Å². The minimum Gasteiger partial charge on any atom is -0.497 e. The Balaban J connectivity index is 1.83. The van der Waals surface area contributed by atoms with Crippen molar-refractivity contribution in [1.82, 2.24) is 4.90 Å². The molecule has 20 heavy (non-hydrogen) atoms. The molecule has 0 saturated heterocycles. The van der Waals surface area contributed by atoms with E-state index in [0.29, 0.717) is 19.1 Å². The number of rotatable bonds is 8. The third-order valence-electron chi connectivity index (χ3n) is 3.43. The van der Waals surface area contributed by atoms with Crippen LogP contribution in [0, 0.1) is 0 Å². The van der Waals surface area contributed by atoms with Crippen molar-refractivity contribution in [2.75, 3.05) is 32.1 Å². The van der Waals surface area contributed by atoms with Crippen LogP contribution < -0.4 is 15.8 Å². The topological polar surface area (TPSA) is 67.6 Å². The molecule has 1 aromatic rings. The van der Waals surface area contributed by atoms with Crippen LogP contribution in [0.2, 0.25) is 0 Å². The maximum Gasteiger partial charge on any atom is 0.238 e. The van der Waals surface area contributed by atoms with Crippen molar-refractivity contribution < 1.29 is 9.53 Å². The van der Waals surface area contributed by atoms with Crippen LogP contribution in [0.1, 0.15) is 19.3 Å². The molecule has 0 bridgehead atoms. The maximum atomic E-state index is 12.1. The van der Waals surface area contributed by atoms with Gasteiger partial charge < -0.3 is 15.8 Å². The normalized spacial score (nSPS) is 14.3. The molecule has 1 aromatic carbocycles. The molecule has 1 aliphatic rings. The van der Waals surface area contributed by atoms with E-state index in [4.69, 9.17) is 10.5 Å². The smallest absolute Gasteiger partial charge is 0.238 e. The van der Waals surface area contributed by atoms with Gasteiger partial charge in [-0.2, -0.15) is 0 Å². The van der Waals surface area contributed by atoms with Crippen molar-refractivity contribution in [3.05, 3.63) is 24.3 Å². The number of hydrogen-bond donors (Lipinski definition) is 2. The molecule has 1 saturated carbocycles. The average Bonchev–Trinajstić information content (AvgIpc) is 3.29. The van der Waals surface area contributed by atoms with Crippen molar-refractivity contribution in [3.63, 3.8) is 0 Å². The van der Waals surface area contributed by atoms with Gasteiger partial charge in [-0.1, -0.05) is 0 Å². The number of nitrogens with one attached hydrogen (secondary N) is 1. The summed E-state index contributed by atoms with van der Waals surface area (Å²) >= 11 is 0. The largest absolute Gasteiger partial charge is 0.497 e. The number of anilines is 1.